The molecule has 7 nitrogen and oxygen atoms in total. The van der Waals surface area contributed by atoms with Crippen LogP contribution in [0.3, 0.4) is 0 Å². The van der Waals surface area contributed by atoms with Gasteiger partial charge >= 0.3 is 6.09 Å². The summed E-state index contributed by atoms with van der Waals surface area (Å²) in [4.78, 5) is 35.3. The van der Waals surface area contributed by atoms with Gasteiger partial charge in [0.2, 0.25) is 0 Å². The van der Waals surface area contributed by atoms with Gasteiger partial charge in [-0.05, 0) is 69.3 Å². The molecule has 39 heavy (non-hydrogen) atoms. The summed E-state index contributed by atoms with van der Waals surface area (Å²) in [5, 5.41) is 4.45. The lowest BCUT2D eigenvalue weighted by Gasteiger charge is -2.38. The predicted molar refractivity (Wildman–Crippen MR) is 164 cm³/mol. The predicted octanol–water partition coefficient (Wildman–Crippen LogP) is 7.09. The van der Waals surface area contributed by atoms with Crippen molar-refractivity contribution < 1.29 is 9.53 Å². The molecule has 2 aromatic rings. The van der Waals surface area contributed by atoms with Crippen LogP contribution in [0.1, 0.15) is 99.6 Å². The van der Waals surface area contributed by atoms with Gasteiger partial charge in [0.15, 0.2) is 5.16 Å². The molecule has 1 aliphatic carbocycles. The molecule has 1 aliphatic rings. The monoisotopic (exact) mass is 570 g/mol. The van der Waals surface area contributed by atoms with Crippen LogP contribution >= 0.6 is 11.8 Å². The van der Waals surface area contributed by atoms with Gasteiger partial charge in [0, 0.05) is 29.9 Å². The van der Waals surface area contributed by atoms with Crippen LogP contribution in [0.4, 0.5) is 4.79 Å². The first-order chi connectivity index (χ1) is 18.2. The molecule has 0 saturated heterocycles. The molecule has 0 bridgehead atoms. The average Bonchev–Trinajstić information content (AvgIpc) is 2.83. The van der Waals surface area contributed by atoms with Crippen molar-refractivity contribution in [1.29, 1.82) is 0 Å². The van der Waals surface area contributed by atoms with Gasteiger partial charge in [-0.2, -0.15) is 0 Å². The van der Waals surface area contributed by atoms with E-state index in [9.17, 15) is 9.59 Å². The number of carbonyl (C=O) groups is 1. The van der Waals surface area contributed by atoms with E-state index >= 15 is 0 Å². The molecule has 0 unspecified atom stereocenters. The van der Waals surface area contributed by atoms with Crippen molar-refractivity contribution in [3.63, 3.8) is 0 Å². The smallest absolute Gasteiger partial charge is 0.407 e. The second-order valence-corrected chi connectivity index (χ2v) is 19.0. The molecule has 1 amide bonds. The van der Waals surface area contributed by atoms with Crippen molar-refractivity contribution >= 4 is 37.0 Å². The van der Waals surface area contributed by atoms with Crippen molar-refractivity contribution in [3.8, 4) is 11.5 Å². The summed E-state index contributed by atoms with van der Waals surface area (Å²) in [6, 6.07) is 1.71. The van der Waals surface area contributed by atoms with E-state index in [4.69, 9.17) is 9.72 Å². The van der Waals surface area contributed by atoms with Gasteiger partial charge in [0.1, 0.15) is 19.3 Å². The zero-order valence-corrected chi connectivity index (χ0v) is 27.2. The number of nitrogens with one attached hydrogen (secondary N) is 1. The van der Waals surface area contributed by atoms with Gasteiger partial charge < -0.3 is 10.1 Å². The lowest BCUT2D eigenvalue weighted by atomic mass is 9.90. The summed E-state index contributed by atoms with van der Waals surface area (Å²) in [5.41, 5.74) is 6.03. The maximum Gasteiger partial charge on any atom is 0.407 e. The highest BCUT2D eigenvalue weighted by atomic mass is 32.2. The molecule has 0 aromatic carbocycles. The number of pyridine rings is 1. The molecule has 2 aromatic heterocycles. The Labute approximate surface area is 239 Å². The third-order valence-electron chi connectivity index (χ3n) is 8.02. The number of nitrogens with zero attached hydrogens (tertiary/aromatic N) is 3. The molecule has 214 valence electrons. The Morgan fingerprint density at radius 2 is 1.69 bits per heavy atom. The summed E-state index contributed by atoms with van der Waals surface area (Å²) in [5.74, 6) is 3.48. The third kappa shape index (κ3) is 7.07. The van der Waals surface area contributed by atoms with E-state index in [-0.39, 0.29) is 17.6 Å². The maximum atomic E-state index is 13.6. The van der Waals surface area contributed by atoms with Gasteiger partial charge in [0.25, 0.3) is 5.56 Å². The van der Waals surface area contributed by atoms with Crippen molar-refractivity contribution in [1.82, 2.24) is 19.9 Å². The summed E-state index contributed by atoms with van der Waals surface area (Å²) < 4.78 is 7.26. The number of amides is 1. The van der Waals surface area contributed by atoms with Crippen molar-refractivity contribution in [2.45, 2.75) is 127 Å². The normalized spacial score (nSPS) is 18.4. The lowest BCUT2D eigenvalue weighted by Crippen LogP contribution is -2.43. The Morgan fingerprint density at radius 1 is 1.10 bits per heavy atom. The maximum absolute atomic E-state index is 13.6. The Kier molecular flexibility index (Phi) is 9.98. The first-order valence-electron chi connectivity index (χ1n) is 14.2. The SMILES string of the molecule is CSc1ncc2c(C#C[Si](C(C)C)(C(C)C)C(C)C)cc(=O)n(C3CCC(NC(=O)OC(C)(C)C)CC3)c2n1. The van der Waals surface area contributed by atoms with Crippen molar-refractivity contribution in [2.75, 3.05) is 6.26 Å². The van der Waals surface area contributed by atoms with Crippen LogP contribution in [0, 0.1) is 11.5 Å². The molecule has 0 aliphatic heterocycles. The quantitative estimate of drug-likeness (QED) is 0.173. The van der Waals surface area contributed by atoms with Crippen LogP contribution in [-0.2, 0) is 4.74 Å². The Hall–Kier alpha value is -2.31. The number of hydrogen-bond acceptors (Lipinski definition) is 6. The molecule has 0 radical (unpaired) electrons. The molecule has 3 rings (SSSR count). The molecule has 1 saturated carbocycles. The van der Waals surface area contributed by atoms with Crippen LogP contribution < -0.4 is 10.9 Å². The van der Waals surface area contributed by atoms with Crippen LogP contribution in [-0.4, -0.2) is 46.6 Å². The van der Waals surface area contributed by atoms with Crippen LogP contribution in [0.15, 0.2) is 22.2 Å². The fraction of sp³-hybridized carbons (Fsp3) is 0.667. The number of aromatic nitrogens is 3. The fourth-order valence-corrected chi connectivity index (χ4v) is 11.8. The summed E-state index contributed by atoms with van der Waals surface area (Å²) in [7, 11) is -1.97. The lowest BCUT2D eigenvalue weighted by molar-refractivity contribution is 0.0488. The minimum Gasteiger partial charge on any atom is -0.444 e. The Balaban J connectivity index is 1.99. The van der Waals surface area contributed by atoms with Gasteiger partial charge in [-0.15, -0.1) is 5.54 Å². The van der Waals surface area contributed by atoms with E-state index in [2.05, 4.69) is 63.3 Å². The first-order valence-corrected chi connectivity index (χ1v) is 17.6. The van der Waals surface area contributed by atoms with Crippen molar-refractivity contribution in [2.24, 2.45) is 0 Å². The van der Waals surface area contributed by atoms with E-state index in [0.717, 1.165) is 36.6 Å². The highest BCUT2D eigenvalue weighted by Gasteiger charge is 2.41. The number of rotatable bonds is 6. The molecule has 0 atom stereocenters. The summed E-state index contributed by atoms with van der Waals surface area (Å²) >= 11 is 1.46. The van der Waals surface area contributed by atoms with Gasteiger partial charge in [-0.1, -0.05) is 59.2 Å². The minimum absolute atomic E-state index is 0.00115. The van der Waals surface area contributed by atoms with Crippen LogP contribution in [0.25, 0.3) is 11.0 Å². The molecular formula is C30H46N4O3SSi. The highest BCUT2D eigenvalue weighted by Crippen LogP contribution is 2.41. The van der Waals surface area contributed by atoms with Crippen molar-refractivity contribution in [3.05, 3.63) is 28.2 Å². The summed E-state index contributed by atoms with van der Waals surface area (Å²) in [6.45, 7) is 19.3. The van der Waals surface area contributed by atoms with E-state index < -0.39 is 19.8 Å². The number of hydrogen-bond donors (Lipinski definition) is 1. The molecule has 1 N–H and O–H groups in total. The zero-order valence-electron chi connectivity index (χ0n) is 25.3. The van der Waals surface area contributed by atoms with E-state index in [1.165, 1.54) is 11.8 Å². The van der Waals surface area contributed by atoms with Gasteiger partial charge in [-0.3, -0.25) is 9.36 Å². The molecule has 9 heteroatoms. The minimum atomic E-state index is -1.97. The number of ether oxygens (including phenoxy) is 1. The summed E-state index contributed by atoms with van der Waals surface area (Å²) in [6.07, 6.45) is 6.45. The fourth-order valence-electron chi connectivity index (χ4n) is 6.22. The first kappa shape index (κ1) is 31.2. The standard InChI is InChI=1S/C30H46N4O3SSi/c1-19(2)39(20(3)4,21(5)6)16-15-22-17-26(35)34(27-25(22)18-31-28(33-27)38-10)24-13-11-23(12-14-24)32-29(36)37-30(7,8)9/h17-21,23-24H,11-14H2,1-10H3,(H,32,36). The Morgan fingerprint density at radius 3 is 2.21 bits per heavy atom. The molecule has 2 heterocycles. The topological polar surface area (TPSA) is 86.1 Å². The number of carbonyl (C=O) groups excluding carboxylic acids is 1. The van der Waals surface area contributed by atoms with E-state index in [1.807, 2.05) is 37.8 Å². The number of thioether (sulfide) groups is 1. The molecular weight excluding hydrogens is 525 g/mol. The third-order valence-corrected chi connectivity index (χ3v) is 14.9. The second kappa shape index (κ2) is 12.5. The zero-order chi connectivity index (χ0) is 29.1. The highest BCUT2D eigenvalue weighted by molar-refractivity contribution is 7.98. The Bertz CT molecular complexity index is 1270. The second-order valence-electron chi connectivity index (χ2n) is 12.7. The van der Waals surface area contributed by atoms with E-state index in [1.54, 1.807) is 6.07 Å². The van der Waals surface area contributed by atoms with Gasteiger partial charge in [-0.25, -0.2) is 14.8 Å². The molecule has 0 spiro atoms. The largest absolute Gasteiger partial charge is 0.444 e. The van der Waals surface area contributed by atoms with E-state index in [0.29, 0.717) is 27.4 Å². The number of alkyl carbamates (subject to hydrolysis) is 1. The van der Waals surface area contributed by atoms with Crippen LogP contribution in [0.5, 0.6) is 0 Å². The molecule has 1 fully saturated rings. The average molecular weight is 571 g/mol. The number of fused-ring (bicyclic) bond motifs is 1. The van der Waals surface area contributed by atoms with Gasteiger partial charge in [0.05, 0.1) is 5.39 Å². The van der Waals surface area contributed by atoms with Crippen LogP contribution in [0.2, 0.25) is 16.6 Å².